The molecule has 1 aromatic heterocycles. The van der Waals surface area contributed by atoms with E-state index >= 15 is 0 Å². The number of nitrogens with one attached hydrogen (secondary N) is 2. The number of benzene rings is 1. The molecule has 2 fully saturated rings. The first-order valence-corrected chi connectivity index (χ1v) is 12.8. The van der Waals surface area contributed by atoms with Crippen LogP contribution in [0.15, 0.2) is 57.3 Å². The van der Waals surface area contributed by atoms with Crippen LogP contribution in [0.1, 0.15) is 38.8 Å². The molecule has 0 bridgehead atoms. The van der Waals surface area contributed by atoms with Crippen LogP contribution in [0.3, 0.4) is 0 Å². The molecule has 13 nitrogen and oxygen atoms in total. The molecule has 188 valence electrons. The number of ether oxygens (including phenoxy) is 1. The lowest BCUT2D eigenvalue weighted by molar-refractivity contribution is -0.0456. The third-order valence-electron chi connectivity index (χ3n) is 6.19. The van der Waals surface area contributed by atoms with Crippen LogP contribution < -0.4 is 20.9 Å². The maximum Gasteiger partial charge on any atom is 0.459 e. The average molecular weight is 506 g/mol. The molecule has 1 aliphatic heterocycles. The number of azide groups is 1. The summed E-state index contributed by atoms with van der Waals surface area (Å²) in [4.78, 5) is 28.7. The van der Waals surface area contributed by atoms with E-state index in [1.165, 1.54) is 13.1 Å². The molecule has 1 aromatic carbocycles. The van der Waals surface area contributed by atoms with Crippen LogP contribution >= 0.6 is 7.75 Å². The van der Waals surface area contributed by atoms with Crippen molar-refractivity contribution in [2.24, 2.45) is 5.11 Å². The second-order valence-electron chi connectivity index (χ2n) is 8.71. The summed E-state index contributed by atoms with van der Waals surface area (Å²) in [7, 11) is -3.89. The van der Waals surface area contributed by atoms with Crippen LogP contribution in [0.2, 0.25) is 0 Å². The predicted octanol–water partition coefficient (Wildman–Crippen LogP) is 2.60. The molecule has 1 saturated heterocycles. The van der Waals surface area contributed by atoms with Gasteiger partial charge in [-0.05, 0) is 37.4 Å². The van der Waals surface area contributed by atoms with Crippen molar-refractivity contribution in [3.63, 3.8) is 0 Å². The minimum absolute atomic E-state index is 0.0557. The summed E-state index contributed by atoms with van der Waals surface area (Å²) in [6.45, 7) is 1.02. The van der Waals surface area contributed by atoms with Crippen LogP contribution in [0.4, 0.5) is 0 Å². The van der Waals surface area contributed by atoms with E-state index in [1.54, 1.807) is 30.3 Å². The fourth-order valence-corrected chi connectivity index (χ4v) is 5.98. The first-order valence-electron chi connectivity index (χ1n) is 11.2. The molecule has 35 heavy (non-hydrogen) atoms. The third kappa shape index (κ3) is 5.51. The molecule has 2 heterocycles. The predicted molar refractivity (Wildman–Crippen MR) is 125 cm³/mol. The summed E-state index contributed by atoms with van der Waals surface area (Å²) in [5, 5.41) is 17.6. The summed E-state index contributed by atoms with van der Waals surface area (Å²) in [5.41, 5.74) is 6.04. The van der Waals surface area contributed by atoms with Crippen LogP contribution in [-0.4, -0.2) is 45.1 Å². The summed E-state index contributed by atoms with van der Waals surface area (Å²) >= 11 is 0. The fourth-order valence-electron chi connectivity index (χ4n) is 4.35. The molecular weight excluding hydrogens is 479 g/mol. The second kappa shape index (κ2) is 10.4. The number of hydrogen-bond donors (Lipinski definition) is 3. The van der Waals surface area contributed by atoms with Crippen LogP contribution in [0.5, 0.6) is 5.75 Å². The Kier molecular flexibility index (Phi) is 7.46. The number of aliphatic hydroxyl groups excluding tert-OH is 1. The number of rotatable bonds is 9. The summed E-state index contributed by atoms with van der Waals surface area (Å²) in [6.07, 6.45) is 0.981. The number of aromatic amines is 1. The highest BCUT2D eigenvalue weighted by Crippen LogP contribution is 2.48. The van der Waals surface area contributed by atoms with E-state index in [4.69, 9.17) is 19.3 Å². The Bertz CT molecular complexity index is 1240. The molecule has 0 spiro atoms. The second-order valence-corrected chi connectivity index (χ2v) is 10.4. The molecule has 14 heteroatoms. The Morgan fingerprint density at radius 2 is 2.03 bits per heavy atom. The monoisotopic (exact) mass is 506 g/mol. The van der Waals surface area contributed by atoms with Gasteiger partial charge in [-0.25, -0.2) is 14.4 Å². The van der Waals surface area contributed by atoms with Gasteiger partial charge in [0.1, 0.15) is 17.4 Å². The maximum atomic E-state index is 13.7. The number of nitrogens with zero attached hydrogens (tertiary/aromatic N) is 4. The Morgan fingerprint density at radius 3 is 2.69 bits per heavy atom. The molecular formula is C21H27N6O7P. The van der Waals surface area contributed by atoms with Gasteiger partial charge in [0, 0.05) is 23.2 Å². The van der Waals surface area contributed by atoms with Crippen molar-refractivity contribution < 1.29 is 23.5 Å². The molecule has 2 aliphatic rings. The Labute approximate surface area is 200 Å². The van der Waals surface area contributed by atoms with Gasteiger partial charge in [-0.2, -0.15) is 0 Å². The Balaban J connectivity index is 1.57. The summed E-state index contributed by atoms with van der Waals surface area (Å²) in [5.74, 6) is 0.339. The number of para-hydroxylation sites is 1. The van der Waals surface area contributed by atoms with Crippen molar-refractivity contribution in [2.75, 3.05) is 6.61 Å². The number of aliphatic hydroxyl groups is 1. The van der Waals surface area contributed by atoms with E-state index in [-0.39, 0.29) is 6.04 Å². The van der Waals surface area contributed by atoms with Gasteiger partial charge in [0.15, 0.2) is 6.23 Å². The highest BCUT2D eigenvalue weighted by atomic mass is 31.2. The largest absolute Gasteiger partial charge is 0.459 e. The number of aromatic nitrogens is 2. The van der Waals surface area contributed by atoms with Crippen LogP contribution in [0.25, 0.3) is 10.4 Å². The van der Waals surface area contributed by atoms with Crippen molar-refractivity contribution in [3.8, 4) is 5.75 Å². The van der Waals surface area contributed by atoms with Crippen molar-refractivity contribution in [1.82, 2.24) is 14.6 Å². The lowest BCUT2D eigenvalue weighted by Gasteiger charge is -2.28. The molecule has 0 amide bonds. The van der Waals surface area contributed by atoms with Crippen molar-refractivity contribution in [1.29, 1.82) is 0 Å². The van der Waals surface area contributed by atoms with E-state index in [9.17, 15) is 19.3 Å². The van der Waals surface area contributed by atoms with Crippen molar-refractivity contribution in [3.05, 3.63) is 73.9 Å². The Morgan fingerprint density at radius 1 is 1.31 bits per heavy atom. The SMILES string of the molecule is C[C@@]1(N=[N+]=[N-])[C@H](O)[C@@H](COP(=O)(NC2CCCC2)Oc2ccccc2)O[C@H]1n1ccc(=O)[nH]c1=O. The van der Waals surface area contributed by atoms with E-state index < -0.39 is 49.6 Å². The zero-order chi connectivity index (χ0) is 25.1. The zero-order valence-corrected chi connectivity index (χ0v) is 19.9. The first kappa shape index (κ1) is 25.2. The van der Waals surface area contributed by atoms with Gasteiger partial charge in [-0.15, -0.1) is 0 Å². The topological polar surface area (TPSA) is 181 Å². The van der Waals surface area contributed by atoms with Gasteiger partial charge in [0.25, 0.3) is 5.56 Å². The Hall–Kier alpha value is -2.92. The molecule has 1 unspecified atom stereocenters. The summed E-state index contributed by atoms with van der Waals surface area (Å²) in [6, 6.07) is 9.59. The molecule has 4 rings (SSSR count). The standard InChI is InChI=1S/C21H27N6O7P/c1-21(25-26-22)18(29)16(33-19(21)27-12-11-17(28)23-20(27)30)13-32-35(31,24-14-7-5-6-8-14)34-15-9-3-2-4-10-15/h2-4,9-12,14,16,18-19,29H,5-8,13H2,1H3,(H,24,31)(H,23,28,30)/t16-,18-,19-,21-,35?/m1/s1. The minimum atomic E-state index is -3.89. The summed E-state index contributed by atoms with van der Waals surface area (Å²) < 4.78 is 32.0. The molecule has 0 radical (unpaired) electrons. The maximum absolute atomic E-state index is 13.7. The van der Waals surface area contributed by atoms with Gasteiger partial charge in [0.2, 0.25) is 0 Å². The lowest BCUT2D eigenvalue weighted by atomic mass is 9.93. The minimum Gasteiger partial charge on any atom is -0.413 e. The number of hydrogen-bond acceptors (Lipinski definition) is 8. The molecule has 2 aromatic rings. The van der Waals surface area contributed by atoms with E-state index in [2.05, 4.69) is 20.1 Å². The van der Waals surface area contributed by atoms with E-state index in [0.29, 0.717) is 5.75 Å². The van der Waals surface area contributed by atoms with Gasteiger partial charge in [-0.3, -0.25) is 18.9 Å². The molecule has 5 atom stereocenters. The fraction of sp³-hybridized carbons (Fsp3) is 0.524. The number of H-pyrrole nitrogens is 1. The van der Waals surface area contributed by atoms with Gasteiger partial charge in [0.05, 0.1) is 12.7 Å². The first-order chi connectivity index (χ1) is 16.7. The highest BCUT2D eigenvalue weighted by Gasteiger charge is 2.54. The quantitative estimate of drug-likeness (QED) is 0.201. The smallest absolute Gasteiger partial charge is 0.413 e. The van der Waals surface area contributed by atoms with Gasteiger partial charge in [-0.1, -0.05) is 36.2 Å². The normalized spacial score (nSPS) is 28.3. The molecule has 3 N–H and O–H groups in total. The van der Waals surface area contributed by atoms with Crippen LogP contribution in [-0.2, 0) is 13.8 Å². The van der Waals surface area contributed by atoms with Gasteiger partial charge >= 0.3 is 13.4 Å². The van der Waals surface area contributed by atoms with Crippen molar-refractivity contribution >= 4 is 7.75 Å². The third-order valence-corrected chi connectivity index (χ3v) is 7.81. The lowest BCUT2D eigenvalue weighted by Crippen LogP contribution is -2.45. The zero-order valence-electron chi connectivity index (χ0n) is 19.0. The molecule has 1 saturated carbocycles. The van der Waals surface area contributed by atoms with Crippen LogP contribution in [0, 0.1) is 0 Å². The molecule has 1 aliphatic carbocycles. The van der Waals surface area contributed by atoms with Gasteiger partial charge < -0.3 is 14.4 Å². The van der Waals surface area contributed by atoms with Crippen molar-refractivity contribution in [2.45, 2.75) is 62.6 Å². The van der Waals surface area contributed by atoms with E-state index in [0.717, 1.165) is 36.3 Å². The average Bonchev–Trinajstić information content (AvgIpc) is 3.40. The van der Waals surface area contributed by atoms with E-state index in [1.807, 2.05) is 0 Å². The highest BCUT2D eigenvalue weighted by molar-refractivity contribution is 7.52.